The van der Waals surface area contributed by atoms with Crippen molar-refractivity contribution in [1.29, 1.82) is 0 Å². The lowest BCUT2D eigenvalue weighted by Gasteiger charge is -2.17. The van der Waals surface area contributed by atoms with Gasteiger partial charge in [-0.2, -0.15) is 0 Å². The van der Waals surface area contributed by atoms with Gasteiger partial charge in [0.15, 0.2) is 0 Å². The molecule has 1 heterocycles. The van der Waals surface area contributed by atoms with Gasteiger partial charge in [0, 0.05) is 0 Å². The maximum absolute atomic E-state index is 12.5. The molecule has 0 saturated carbocycles. The topological polar surface area (TPSA) is 48.3 Å². The van der Waals surface area contributed by atoms with Crippen molar-refractivity contribution in [2.24, 2.45) is 4.40 Å². The molecule has 5 heteroatoms. The maximum Gasteiger partial charge on any atom is 0.144 e. The number of hydrogen-bond donors (Lipinski definition) is 0. The summed E-state index contributed by atoms with van der Waals surface area (Å²) in [6.45, 7) is 5.50. The lowest BCUT2D eigenvalue weighted by atomic mass is 10.3. The largest absolute Gasteiger partial charge is 0.591 e. The molecule has 0 aliphatic rings. The van der Waals surface area contributed by atoms with Gasteiger partial charge in [0.1, 0.15) is 28.1 Å². The molecule has 1 aromatic heterocycles. The quantitative estimate of drug-likeness (QED) is 0.575. The predicted octanol–water partition coefficient (Wildman–Crippen LogP) is 2.10. The molecule has 0 radical (unpaired) electrons. The van der Waals surface area contributed by atoms with Crippen LogP contribution in [0.5, 0.6) is 0 Å². The molecule has 1 rings (SSSR count). The van der Waals surface area contributed by atoms with Crippen LogP contribution in [0.1, 0.15) is 26.5 Å². The molecule has 0 aliphatic carbocycles. The van der Waals surface area contributed by atoms with Crippen LogP contribution in [0.4, 0.5) is 4.39 Å². The summed E-state index contributed by atoms with van der Waals surface area (Å²) in [6.07, 6.45) is 2.49. The fourth-order valence-corrected chi connectivity index (χ4v) is 1.24. The molecule has 0 unspecified atom stereocenters. The zero-order valence-electron chi connectivity index (χ0n) is 8.90. The molecule has 1 atom stereocenters. The van der Waals surface area contributed by atoms with Crippen LogP contribution in [0, 0.1) is 5.82 Å². The van der Waals surface area contributed by atoms with Gasteiger partial charge >= 0.3 is 0 Å². The van der Waals surface area contributed by atoms with Gasteiger partial charge in [-0.3, -0.25) is 4.98 Å². The highest BCUT2D eigenvalue weighted by atomic mass is 32.2. The Bertz CT molecular complexity index is 345. The minimum Gasteiger partial charge on any atom is -0.591 e. The average molecular weight is 228 g/mol. The smallest absolute Gasteiger partial charge is 0.144 e. The molecule has 0 N–H and O–H groups in total. The molecule has 15 heavy (non-hydrogen) atoms. The monoisotopic (exact) mass is 228 g/mol. The third-order valence-electron chi connectivity index (χ3n) is 1.55. The first-order chi connectivity index (χ1) is 6.89. The van der Waals surface area contributed by atoms with Gasteiger partial charge in [-0.1, -0.05) is 4.40 Å². The molecule has 0 bridgehead atoms. The summed E-state index contributed by atoms with van der Waals surface area (Å²) in [5, 5.41) is 0. The minimum atomic E-state index is -1.31. The molecule has 0 spiro atoms. The Morgan fingerprint density at radius 1 is 1.47 bits per heavy atom. The normalized spacial score (nSPS) is 14.5. The van der Waals surface area contributed by atoms with Gasteiger partial charge < -0.3 is 4.55 Å². The predicted molar refractivity (Wildman–Crippen MR) is 59.7 cm³/mol. The summed E-state index contributed by atoms with van der Waals surface area (Å²) in [5.74, 6) is -0.399. The molecular formula is C10H13FN2OS. The third-order valence-corrected chi connectivity index (χ3v) is 2.90. The van der Waals surface area contributed by atoms with Crippen molar-refractivity contribution in [3.8, 4) is 0 Å². The summed E-state index contributed by atoms with van der Waals surface area (Å²) in [5.41, 5.74) is 0.494. The highest BCUT2D eigenvalue weighted by Crippen LogP contribution is 2.16. The van der Waals surface area contributed by atoms with E-state index in [0.29, 0.717) is 5.69 Å². The van der Waals surface area contributed by atoms with E-state index in [0.717, 1.165) is 6.20 Å². The second-order valence-electron chi connectivity index (χ2n) is 4.00. The van der Waals surface area contributed by atoms with Crippen molar-refractivity contribution in [3.05, 3.63) is 29.8 Å². The first-order valence-electron chi connectivity index (χ1n) is 4.47. The lowest BCUT2D eigenvalue weighted by molar-refractivity contribution is 0.562. The summed E-state index contributed by atoms with van der Waals surface area (Å²) in [6, 6.07) is 2.77. The number of hydrogen-bond acceptors (Lipinski definition) is 3. The zero-order valence-corrected chi connectivity index (χ0v) is 9.71. The molecule has 0 aromatic carbocycles. The van der Waals surface area contributed by atoms with Crippen LogP contribution < -0.4 is 0 Å². The minimum absolute atomic E-state index is 0.392. The van der Waals surface area contributed by atoms with E-state index in [1.165, 1.54) is 18.3 Å². The Hall–Kier alpha value is -0.940. The molecule has 0 amide bonds. The highest BCUT2D eigenvalue weighted by molar-refractivity contribution is 7.91. The second-order valence-corrected chi connectivity index (χ2v) is 5.93. The van der Waals surface area contributed by atoms with Gasteiger partial charge in [-0.25, -0.2) is 4.39 Å². The molecule has 82 valence electrons. The number of halogens is 1. The average Bonchev–Trinajstić information content (AvgIpc) is 2.15. The summed E-state index contributed by atoms with van der Waals surface area (Å²) < 4.78 is 27.5. The van der Waals surface area contributed by atoms with Crippen LogP contribution in [0.2, 0.25) is 0 Å². The van der Waals surface area contributed by atoms with E-state index in [1.54, 1.807) is 0 Å². The van der Waals surface area contributed by atoms with Crippen molar-refractivity contribution in [1.82, 2.24) is 4.98 Å². The Kier molecular flexibility index (Phi) is 3.82. The van der Waals surface area contributed by atoms with E-state index in [1.807, 2.05) is 20.8 Å². The Morgan fingerprint density at radius 2 is 2.13 bits per heavy atom. The van der Waals surface area contributed by atoms with Crippen molar-refractivity contribution in [2.75, 3.05) is 0 Å². The van der Waals surface area contributed by atoms with Crippen LogP contribution in [0.15, 0.2) is 22.7 Å². The van der Waals surface area contributed by atoms with Gasteiger partial charge in [0.25, 0.3) is 0 Å². The van der Waals surface area contributed by atoms with E-state index < -0.39 is 21.9 Å². The van der Waals surface area contributed by atoms with Gasteiger partial charge in [0.05, 0.1) is 11.9 Å². The van der Waals surface area contributed by atoms with Gasteiger partial charge in [-0.05, 0) is 32.9 Å². The highest BCUT2D eigenvalue weighted by Gasteiger charge is 2.25. The fraction of sp³-hybridized carbons (Fsp3) is 0.400. The molecule has 0 aliphatic heterocycles. The number of pyridine rings is 1. The number of nitrogens with zero attached hydrogens (tertiary/aromatic N) is 2. The van der Waals surface area contributed by atoms with Gasteiger partial charge in [-0.15, -0.1) is 0 Å². The van der Waals surface area contributed by atoms with E-state index in [9.17, 15) is 8.94 Å². The third kappa shape index (κ3) is 3.97. The maximum atomic E-state index is 12.5. The van der Waals surface area contributed by atoms with Gasteiger partial charge in [0.2, 0.25) is 0 Å². The SMILES string of the molecule is CC(C)(C)[S@@+]([O-])/N=C/c1ccc(F)cn1. The Morgan fingerprint density at radius 3 is 2.60 bits per heavy atom. The molecule has 1 aromatic rings. The van der Waals surface area contributed by atoms with Crippen LogP contribution in [-0.2, 0) is 11.4 Å². The van der Waals surface area contributed by atoms with Crippen molar-refractivity contribution >= 4 is 17.6 Å². The van der Waals surface area contributed by atoms with Crippen LogP contribution >= 0.6 is 0 Å². The molecule has 3 nitrogen and oxygen atoms in total. The van der Waals surface area contributed by atoms with Crippen LogP contribution in [-0.4, -0.2) is 20.5 Å². The summed E-state index contributed by atoms with van der Waals surface area (Å²) in [7, 11) is 0. The fourth-order valence-electron chi connectivity index (χ4n) is 0.724. The first-order valence-corrected chi connectivity index (χ1v) is 5.58. The second kappa shape index (κ2) is 4.72. The van der Waals surface area contributed by atoms with E-state index >= 15 is 0 Å². The number of rotatable bonds is 2. The standard InChI is InChI=1S/C10H13FN2OS/c1-10(2,3)15(14)13-7-9-5-4-8(11)6-12-9/h4-7H,1-3H3/b13-7+/t15-/m1/s1. The van der Waals surface area contributed by atoms with E-state index in [4.69, 9.17) is 0 Å². The van der Waals surface area contributed by atoms with Crippen LogP contribution in [0.3, 0.4) is 0 Å². The first kappa shape index (κ1) is 12.1. The van der Waals surface area contributed by atoms with E-state index in [2.05, 4.69) is 9.38 Å². The molecule has 0 fully saturated rings. The van der Waals surface area contributed by atoms with Crippen molar-refractivity contribution < 1.29 is 8.94 Å². The Balaban J connectivity index is 2.70. The van der Waals surface area contributed by atoms with Crippen molar-refractivity contribution in [2.45, 2.75) is 25.5 Å². The lowest BCUT2D eigenvalue weighted by Crippen LogP contribution is -2.25. The molecular weight excluding hydrogens is 215 g/mol. The molecule has 0 saturated heterocycles. The Labute approximate surface area is 91.8 Å². The van der Waals surface area contributed by atoms with Crippen molar-refractivity contribution in [3.63, 3.8) is 0 Å². The van der Waals surface area contributed by atoms with Crippen LogP contribution in [0.25, 0.3) is 0 Å². The number of aromatic nitrogens is 1. The summed E-state index contributed by atoms with van der Waals surface area (Å²) in [4.78, 5) is 3.77. The van der Waals surface area contributed by atoms with E-state index in [-0.39, 0.29) is 0 Å². The summed E-state index contributed by atoms with van der Waals surface area (Å²) >= 11 is -1.31. The zero-order chi connectivity index (χ0) is 11.5.